The summed E-state index contributed by atoms with van der Waals surface area (Å²) in [7, 11) is 0.261. The SMILES string of the molecule is COCC(CNCC1CCCN(S(C)(=O)=O)C1)OC. The van der Waals surface area contributed by atoms with Crippen molar-refractivity contribution in [2.45, 2.75) is 18.9 Å². The zero-order chi connectivity index (χ0) is 14.3. The Bertz CT molecular complexity index is 348. The van der Waals surface area contributed by atoms with Crippen LogP contribution in [0, 0.1) is 5.92 Å². The summed E-state index contributed by atoms with van der Waals surface area (Å²) in [6.07, 6.45) is 3.33. The van der Waals surface area contributed by atoms with Crippen LogP contribution in [-0.4, -0.2) is 72.1 Å². The summed E-state index contributed by atoms with van der Waals surface area (Å²) in [4.78, 5) is 0. The van der Waals surface area contributed by atoms with E-state index < -0.39 is 10.0 Å². The molecular formula is C12H26N2O4S. The molecule has 19 heavy (non-hydrogen) atoms. The van der Waals surface area contributed by atoms with Crippen molar-refractivity contribution in [2.75, 3.05) is 53.3 Å². The molecular weight excluding hydrogens is 268 g/mol. The van der Waals surface area contributed by atoms with Gasteiger partial charge in [0.2, 0.25) is 10.0 Å². The Balaban J connectivity index is 2.29. The second kappa shape index (κ2) is 8.16. The Morgan fingerprint density at radius 2 is 2.16 bits per heavy atom. The van der Waals surface area contributed by atoms with E-state index in [1.165, 1.54) is 6.26 Å². The number of nitrogens with zero attached hydrogens (tertiary/aromatic N) is 1. The summed E-state index contributed by atoms with van der Waals surface area (Å²) in [5.74, 6) is 0.378. The van der Waals surface area contributed by atoms with Crippen LogP contribution in [-0.2, 0) is 19.5 Å². The molecule has 7 heteroatoms. The Morgan fingerprint density at radius 3 is 2.74 bits per heavy atom. The van der Waals surface area contributed by atoms with Crippen LogP contribution in [0.1, 0.15) is 12.8 Å². The van der Waals surface area contributed by atoms with Gasteiger partial charge in [0.05, 0.1) is 19.0 Å². The van der Waals surface area contributed by atoms with Crippen molar-refractivity contribution in [1.82, 2.24) is 9.62 Å². The molecule has 1 aliphatic heterocycles. The number of hydrogen-bond acceptors (Lipinski definition) is 5. The predicted octanol–water partition coefficient (Wildman–Crippen LogP) is -0.0910. The fourth-order valence-electron chi connectivity index (χ4n) is 2.34. The summed E-state index contributed by atoms with van der Waals surface area (Å²) >= 11 is 0. The Morgan fingerprint density at radius 1 is 1.42 bits per heavy atom. The highest BCUT2D eigenvalue weighted by Crippen LogP contribution is 2.17. The second-order valence-corrected chi connectivity index (χ2v) is 7.08. The van der Waals surface area contributed by atoms with Crippen molar-refractivity contribution >= 4 is 10.0 Å². The number of ether oxygens (including phenoxy) is 2. The lowest BCUT2D eigenvalue weighted by molar-refractivity contribution is 0.0281. The van der Waals surface area contributed by atoms with Crippen molar-refractivity contribution in [1.29, 1.82) is 0 Å². The summed E-state index contributed by atoms with van der Waals surface area (Å²) in [5.41, 5.74) is 0. The lowest BCUT2D eigenvalue weighted by Crippen LogP contribution is -2.43. The van der Waals surface area contributed by atoms with Gasteiger partial charge in [0.1, 0.15) is 0 Å². The smallest absolute Gasteiger partial charge is 0.211 e. The number of methoxy groups -OCH3 is 2. The fraction of sp³-hybridized carbons (Fsp3) is 1.00. The van der Waals surface area contributed by atoms with E-state index in [4.69, 9.17) is 9.47 Å². The van der Waals surface area contributed by atoms with E-state index in [1.54, 1.807) is 18.5 Å². The molecule has 1 heterocycles. The lowest BCUT2D eigenvalue weighted by Gasteiger charge is -2.31. The van der Waals surface area contributed by atoms with Gasteiger partial charge in [-0.3, -0.25) is 0 Å². The minimum Gasteiger partial charge on any atom is -0.382 e. The number of piperidine rings is 1. The maximum atomic E-state index is 11.5. The average molecular weight is 294 g/mol. The molecule has 0 aromatic heterocycles. The van der Waals surface area contributed by atoms with E-state index in [9.17, 15) is 8.42 Å². The highest BCUT2D eigenvalue weighted by molar-refractivity contribution is 7.88. The first-order valence-corrected chi connectivity index (χ1v) is 8.49. The van der Waals surface area contributed by atoms with Crippen molar-refractivity contribution in [2.24, 2.45) is 5.92 Å². The van der Waals surface area contributed by atoms with Gasteiger partial charge in [-0.2, -0.15) is 0 Å². The predicted molar refractivity (Wildman–Crippen MR) is 74.7 cm³/mol. The topological polar surface area (TPSA) is 67.9 Å². The molecule has 2 atom stereocenters. The summed E-state index contributed by atoms with van der Waals surface area (Å²) < 4.78 is 34.9. The Hall–Kier alpha value is -0.210. The van der Waals surface area contributed by atoms with E-state index in [0.29, 0.717) is 25.6 Å². The molecule has 0 radical (unpaired) electrons. The maximum Gasteiger partial charge on any atom is 0.211 e. The molecule has 1 N–H and O–H groups in total. The molecule has 0 aromatic carbocycles. The van der Waals surface area contributed by atoms with E-state index in [0.717, 1.165) is 25.9 Å². The van der Waals surface area contributed by atoms with Gasteiger partial charge in [-0.1, -0.05) is 0 Å². The number of sulfonamides is 1. The molecule has 1 rings (SSSR count). The Kier molecular flexibility index (Phi) is 7.23. The van der Waals surface area contributed by atoms with Gasteiger partial charge in [-0.25, -0.2) is 12.7 Å². The maximum absolute atomic E-state index is 11.5. The molecule has 0 spiro atoms. The molecule has 0 aromatic rings. The van der Waals surface area contributed by atoms with Crippen LogP contribution in [0.25, 0.3) is 0 Å². The molecule has 6 nitrogen and oxygen atoms in total. The van der Waals surface area contributed by atoms with Crippen LogP contribution in [0.2, 0.25) is 0 Å². The van der Waals surface area contributed by atoms with Gasteiger partial charge in [-0.05, 0) is 25.3 Å². The first-order valence-electron chi connectivity index (χ1n) is 6.65. The zero-order valence-electron chi connectivity index (χ0n) is 12.1. The Labute approximate surface area is 116 Å². The minimum atomic E-state index is -3.05. The minimum absolute atomic E-state index is 0.0413. The molecule has 0 bridgehead atoms. The number of nitrogens with one attached hydrogen (secondary N) is 1. The van der Waals surface area contributed by atoms with Gasteiger partial charge in [0.15, 0.2) is 0 Å². The molecule has 0 saturated carbocycles. The monoisotopic (exact) mass is 294 g/mol. The number of hydrogen-bond donors (Lipinski definition) is 1. The molecule has 1 aliphatic rings. The zero-order valence-corrected chi connectivity index (χ0v) is 12.9. The molecule has 114 valence electrons. The van der Waals surface area contributed by atoms with Crippen LogP contribution in [0.5, 0.6) is 0 Å². The first kappa shape index (κ1) is 16.8. The van der Waals surface area contributed by atoms with Gasteiger partial charge >= 0.3 is 0 Å². The van der Waals surface area contributed by atoms with E-state index >= 15 is 0 Å². The van der Waals surface area contributed by atoms with Gasteiger partial charge in [0.25, 0.3) is 0 Å². The average Bonchev–Trinajstić information content (AvgIpc) is 2.37. The molecule has 2 unspecified atom stereocenters. The van der Waals surface area contributed by atoms with Crippen molar-refractivity contribution < 1.29 is 17.9 Å². The van der Waals surface area contributed by atoms with Crippen LogP contribution in [0.15, 0.2) is 0 Å². The van der Waals surface area contributed by atoms with Crippen molar-refractivity contribution in [3.05, 3.63) is 0 Å². The number of rotatable bonds is 8. The van der Waals surface area contributed by atoms with Crippen LogP contribution < -0.4 is 5.32 Å². The third kappa shape index (κ3) is 6.18. The third-order valence-electron chi connectivity index (χ3n) is 3.44. The van der Waals surface area contributed by atoms with Gasteiger partial charge < -0.3 is 14.8 Å². The first-order chi connectivity index (χ1) is 8.97. The van der Waals surface area contributed by atoms with E-state index in [2.05, 4.69) is 5.32 Å². The summed E-state index contributed by atoms with van der Waals surface area (Å²) in [5, 5.41) is 3.34. The van der Waals surface area contributed by atoms with Crippen molar-refractivity contribution in [3.8, 4) is 0 Å². The second-order valence-electron chi connectivity index (χ2n) is 5.10. The highest BCUT2D eigenvalue weighted by Gasteiger charge is 2.25. The fourth-order valence-corrected chi connectivity index (χ4v) is 3.28. The third-order valence-corrected chi connectivity index (χ3v) is 4.71. The van der Waals surface area contributed by atoms with Crippen LogP contribution >= 0.6 is 0 Å². The van der Waals surface area contributed by atoms with Gasteiger partial charge in [-0.15, -0.1) is 0 Å². The molecule has 0 aliphatic carbocycles. The van der Waals surface area contributed by atoms with Crippen molar-refractivity contribution in [3.63, 3.8) is 0 Å². The van der Waals surface area contributed by atoms with E-state index in [-0.39, 0.29) is 6.10 Å². The summed E-state index contributed by atoms with van der Waals surface area (Å²) in [6, 6.07) is 0. The standard InChI is InChI=1S/C12H26N2O4S/c1-17-10-12(18-2)8-13-7-11-5-4-6-14(9-11)19(3,15)16/h11-13H,4-10H2,1-3H3. The molecule has 1 saturated heterocycles. The lowest BCUT2D eigenvalue weighted by atomic mass is 10.00. The van der Waals surface area contributed by atoms with E-state index in [1.807, 2.05) is 0 Å². The van der Waals surface area contributed by atoms with Gasteiger partial charge in [0, 0.05) is 33.9 Å². The van der Waals surface area contributed by atoms with Crippen LogP contribution in [0.3, 0.4) is 0 Å². The quantitative estimate of drug-likeness (QED) is 0.677. The largest absolute Gasteiger partial charge is 0.382 e. The van der Waals surface area contributed by atoms with Crippen LogP contribution in [0.4, 0.5) is 0 Å². The normalized spacial score (nSPS) is 23.4. The molecule has 0 amide bonds. The molecule has 1 fully saturated rings. The highest BCUT2D eigenvalue weighted by atomic mass is 32.2. The summed E-state index contributed by atoms with van der Waals surface area (Å²) in [6.45, 7) is 3.37.